The van der Waals surface area contributed by atoms with Crippen LogP contribution >= 0.6 is 0 Å². The zero-order valence-electron chi connectivity index (χ0n) is 1.83. The molecular weight excluding hydrogens is 380 g/mol. The fourth-order valence-corrected chi connectivity index (χ4v) is 0. The van der Waals surface area contributed by atoms with Crippen molar-refractivity contribution < 1.29 is 91.9 Å². The molecular formula is Ho2O3. The van der Waals surface area contributed by atoms with E-state index in [0.717, 1.165) is 0 Å². The second kappa shape index (κ2) is 32.4. The van der Waals surface area contributed by atoms with Crippen LogP contribution < -0.4 is 0 Å². The summed E-state index contributed by atoms with van der Waals surface area (Å²) in [6.45, 7) is 0. The van der Waals surface area contributed by atoms with Gasteiger partial charge >= 0.3 is 75.5 Å². The third-order valence-electron chi connectivity index (χ3n) is 0. The first-order valence-corrected chi connectivity index (χ1v) is 0. The van der Waals surface area contributed by atoms with Crippen molar-refractivity contribution in [2.75, 3.05) is 0 Å². The molecule has 0 rings (SSSR count). The monoisotopic (exact) mass is 380 g/mol. The molecule has 0 fully saturated rings. The van der Waals surface area contributed by atoms with Crippen LogP contribution in [0.25, 0.3) is 0 Å². The van der Waals surface area contributed by atoms with E-state index in [4.69, 9.17) is 0 Å². The third kappa shape index (κ3) is 21.5. The summed E-state index contributed by atoms with van der Waals surface area (Å²) in [6, 6.07) is 0. The Morgan fingerprint density at radius 3 is 0.400 bits per heavy atom. The normalized spacial score (nSPS) is 0. The standard InChI is InChI=1S/2Ho.3O/q2*+3;3*-2/i2*1+1;;;. The van der Waals surface area contributed by atoms with Gasteiger partial charge in [-0.15, -0.1) is 0 Å². The minimum Gasteiger partial charge on any atom is -2.00 e. The van der Waals surface area contributed by atoms with E-state index in [1.807, 2.05) is 0 Å². The van der Waals surface area contributed by atoms with E-state index in [0.29, 0.717) is 0 Å². The average Bonchev–Trinajstić information content (AvgIpc) is 0. The van der Waals surface area contributed by atoms with Crippen LogP contribution in [-0.4, -0.2) is 0 Å². The molecule has 0 aromatic heterocycles. The summed E-state index contributed by atoms with van der Waals surface area (Å²) in [5.74, 6) is 0. The first-order chi connectivity index (χ1) is 0. The first kappa shape index (κ1) is 52.6. The van der Waals surface area contributed by atoms with E-state index in [1.54, 1.807) is 0 Å². The van der Waals surface area contributed by atoms with Crippen LogP contribution in [0.5, 0.6) is 0 Å². The van der Waals surface area contributed by atoms with Gasteiger partial charge in [0.2, 0.25) is 0 Å². The van der Waals surface area contributed by atoms with E-state index in [9.17, 15) is 0 Å². The van der Waals surface area contributed by atoms with Crippen LogP contribution in [0, 0.1) is 75.5 Å². The Balaban J connectivity index is 0. The van der Waals surface area contributed by atoms with E-state index in [2.05, 4.69) is 0 Å². The van der Waals surface area contributed by atoms with Crippen LogP contribution in [0.1, 0.15) is 0 Å². The topological polar surface area (TPSA) is 85.5 Å². The fraction of sp³-hybridized carbons (Fsp3) is 0. The van der Waals surface area contributed by atoms with Crippen molar-refractivity contribution in [2.24, 2.45) is 0 Å². The molecule has 40 valence electrons. The van der Waals surface area contributed by atoms with Crippen molar-refractivity contribution >= 4 is 0 Å². The molecule has 0 spiro atoms. The van der Waals surface area contributed by atoms with Crippen molar-refractivity contribution in [3.8, 4) is 0 Å². The molecule has 0 N–H and O–H groups in total. The molecule has 5 heavy (non-hydrogen) atoms. The third-order valence-corrected chi connectivity index (χ3v) is 0. The molecule has 0 bridgehead atoms. The summed E-state index contributed by atoms with van der Waals surface area (Å²) in [5.41, 5.74) is 0. The molecule has 0 radical (unpaired) electrons. The summed E-state index contributed by atoms with van der Waals surface area (Å²) in [6.07, 6.45) is 0. The summed E-state index contributed by atoms with van der Waals surface area (Å²) in [4.78, 5) is 0. The number of rotatable bonds is 0. The van der Waals surface area contributed by atoms with Crippen LogP contribution in [0.2, 0.25) is 0 Å². The smallest absolute Gasteiger partial charge is 2.00 e. The SMILES string of the molecule is [166Ho+3].[166Ho+3].[O-2].[O-2].[O-2]. The maximum absolute atomic E-state index is 0. The van der Waals surface area contributed by atoms with Gasteiger partial charge in [0.1, 0.15) is 0 Å². The Morgan fingerprint density at radius 1 is 0.400 bits per heavy atom. The van der Waals surface area contributed by atoms with E-state index in [1.165, 1.54) is 0 Å². The first-order valence-electron chi connectivity index (χ1n) is 0. The maximum Gasteiger partial charge on any atom is 3.00 e. The zero-order valence-corrected chi connectivity index (χ0v) is 5.70. The fourth-order valence-electron chi connectivity index (χ4n) is 0. The minimum atomic E-state index is 0. The number of hydrogen-bond donors (Lipinski definition) is 0. The van der Waals surface area contributed by atoms with Gasteiger partial charge in [-0.2, -0.15) is 0 Å². The van der Waals surface area contributed by atoms with Crippen molar-refractivity contribution in [2.45, 2.75) is 0 Å². The van der Waals surface area contributed by atoms with Crippen molar-refractivity contribution in [3.05, 3.63) is 0 Å². The van der Waals surface area contributed by atoms with Crippen molar-refractivity contribution in [3.63, 3.8) is 0 Å². The zero-order chi connectivity index (χ0) is 0. The van der Waals surface area contributed by atoms with Gasteiger partial charge in [-0.05, 0) is 0 Å². The second-order valence-electron chi connectivity index (χ2n) is 0. The largest absolute Gasteiger partial charge is 3.00 e. The molecule has 3 nitrogen and oxygen atoms in total. The van der Waals surface area contributed by atoms with Gasteiger partial charge in [-0.1, -0.05) is 0 Å². The van der Waals surface area contributed by atoms with Gasteiger partial charge in [0, 0.05) is 0 Å². The molecule has 0 heterocycles. The van der Waals surface area contributed by atoms with E-state index < -0.39 is 0 Å². The van der Waals surface area contributed by atoms with Gasteiger partial charge in [0.15, 0.2) is 0 Å². The Kier molecular flexibility index (Phi) is 341. The van der Waals surface area contributed by atoms with Gasteiger partial charge in [0.25, 0.3) is 0 Å². The molecule has 0 aliphatic rings. The molecule has 0 saturated heterocycles. The molecule has 0 aliphatic carbocycles. The summed E-state index contributed by atoms with van der Waals surface area (Å²) < 4.78 is 0. The van der Waals surface area contributed by atoms with Crippen molar-refractivity contribution in [1.29, 1.82) is 0 Å². The molecule has 5 heteroatoms. The molecule has 0 amide bonds. The van der Waals surface area contributed by atoms with Crippen LogP contribution in [0.15, 0.2) is 0 Å². The van der Waals surface area contributed by atoms with E-state index in [-0.39, 0.29) is 91.9 Å². The predicted molar refractivity (Wildman–Crippen MR) is 2.06 cm³/mol. The summed E-state index contributed by atoms with van der Waals surface area (Å²) in [7, 11) is 0. The Hall–Kier alpha value is 2.40. The Labute approximate surface area is 90.0 Å². The van der Waals surface area contributed by atoms with Gasteiger partial charge in [-0.3, -0.25) is 0 Å². The summed E-state index contributed by atoms with van der Waals surface area (Å²) in [5, 5.41) is 0. The van der Waals surface area contributed by atoms with Gasteiger partial charge < -0.3 is 16.4 Å². The average molecular weight is 380 g/mol. The predicted octanol–water partition coefficient (Wildman–Crippen LogP) is -0.356. The van der Waals surface area contributed by atoms with E-state index >= 15 is 0 Å². The van der Waals surface area contributed by atoms with Crippen LogP contribution in [0.4, 0.5) is 0 Å². The Bertz CT molecular complexity index is 4.85. The van der Waals surface area contributed by atoms with Crippen LogP contribution in [-0.2, 0) is 16.4 Å². The number of hydrogen-bond acceptors (Lipinski definition) is 0. The van der Waals surface area contributed by atoms with Crippen LogP contribution in [0.3, 0.4) is 0 Å². The maximum atomic E-state index is 0. The van der Waals surface area contributed by atoms with Crippen molar-refractivity contribution in [1.82, 2.24) is 0 Å². The molecule has 0 aromatic rings. The molecule has 0 saturated carbocycles. The minimum absolute atomic E-state index is 0. The Morgan fingerprint density at radius 2 is 0.400 bits per heavy atom. The second-order valence-corrected chi connectivity index (χ2v) is 0. The molecule has 0 unspecified atom stereocenters. The molecule has 0 aliphatic heterocycles. The van der Waals surface area contributed by atoms with Gasteiger partial charge in [-0.25, -0.2) is 0 Å². The molecule has 0 aromatic carbocycles. The quantitative estimate of drug-likeness (QED) is 0.515. The van der Waals surface area contributed by atoms with Gasteiger partial charge in [0.05, 0.1) is 0 Å². The summed E-state index contributed by atoms with van der Waals surface area (Å²) >= 11 is 0. The molecule has 0 atom stereocenters.